The van der Waals surface area contributed by atoms with Crippen molar-refractivity contribution >= 4 is 35.7 Å². The van der Waals surface area contributed by atoms with Crippen LogP contribution in [0.25, 0.3) is 0 Å². The number of carbonyl (C=O) groups is 2. The van der Waals surface area contributed by atoms with Gasteiger partial charge in [-0.3, -0.25) is 9.98 Å². The van der Waals surface area contributed by atoms with Gasteiger partial charge in [-0.2, -0.15) is 0 Å². The van der Waals surface area contributed by atoms with Crippen molar-refractivity contribution in [3.05, 3.63) is 81.9 Å². The fraction of sp³-hybridized carbons (Fsp3) is 0.389. The van der Waals surface area contributed by atoms with E-state index >= 15 is 0 Å². The zero-order valence-corrected chi connectivity index (χ0v) is 28.6. The molecule has 0 fully saturated rings. The van der Waals surface area contributed by atoms with E-state index in [1.165, 1.54) is 11.1 Å². The van der Waals surface area contributed by atoms with E-state index in [9.17, 15) is 10.2 Å². The molecule has 0 saturated carbocycles. The van der Waals surface area contributed by atoms with Gasteiger partial charge in [0, 0.05) is 35.5 Å². The molecule has 45 heavy (non-hydrogen) atoms. The number of carboxylic acid groups (broad SMARTS) is 2. The third kappa shape index (κ3) is 14.6. The van der Waals surface area contributed by atoms with Crippen molar-refractivity contribution in [2.75, 3.05) is 0 Å². The van der Waals surface area contributed by atoms with E-state index in [4.69, 9.17) is 29.8 Å². The van der Waals surface area contributed by atoms with Gasteiger partial charge < -0.3 is 30.0 Å². The second kappa shape index (κ2) is 20.9. The van der Waals surface area contributed by atoms with E-state index in [-0.39, 0.29) is 40.1 Å². The SMILES string of the molecule is CC(=O)[O-].CC(=O)[O-].CCCc1cc(C=Nc2ccccc2N=Cc2cc(CCC)cc(C(C)C)c2O)c(O)c(C(C)C)c1.[Co+2]. The maximum absolute atomic E-state index is 10.9. The first kappa shape index (κ1) is 41.0. The first-order valence-electron chi connectivity index (χ1n) is 14.9. The Morgan fingerprint density at radius 2 is 1.02 bits per heavy atom. The molecular formula is C36H46CoN2O6. The van der Waals surface area contributed by atoms with E-state index < -0.39 is 11.9 Å². The molecule has 0 bridgehead atoms. The number of benzene rings is 3. The van der Waals surface area contributed by atoms with Crippen LogP contribution in [0.1, 0.15) is 113 Å². The van der Waals surface area contributed by atoms with Crippen molar-refractivity contribution in [3.8, 4) is 11.5 Å². The number of phenols is 2. The Balaban J connectivity index is 0.00000192. The summed E-state index contributed by atoms with van der Waals surface area (Å²) < 4.78 is 0. The Morgan fingerprint density at radius 1 is 0.711 bits per heavy atom. The predicted molar refractivity (Wildman–Crippen MR) is 175 cm³/mol. The molecule has 1 radical (unpaired) electrons. The molecule has 245 valence electrons. The predicted octanol–water partition coefficient (Wildman–Crippen LogP) is 6.26. The number of carbonyl (C=O) groups excluding carboxylic acids is 2. The fourth-order valence-electron chi connectivity index (χ4n) is 4.39. The second-order valence-electron chi connectivity index (χ2n) is 11.0. The van der Waals surface area contributed by atoms with Crippen LogP contribution in [-0.4, -0.2) is 34.6 Å². The summed E-state index contributed by atoms with van der Waals surface area (Å²) in [4.78, 5) is 27.2. The number of hydrogen-bond acceptors (Lipinski definition) is 8. The Labute approximate surface area is 278 Å². The molecule has 0 saturated heterocycles. The summed E-state index contributed by atoms with van der Waals surface area (Å²) in [5, 5.41) is 39.5. The van der Waals surface area contributed by atoms with Crippen LogP contribution in [0.3, 0.4) is 0 Å². The third-order valence-corrected chi connectivity index (χ3v) is 6.35. The van der Waals surface area contributed by atoms with Gasteiger partial charge in [0.05, 0.1) is 11.4 Å². The molecule has 0 spiro atoms. The Hall–Kier alpha value is -3.95. The summed E-state index contributed by atoms with van der Waals surface area (Å²) in [5.74, 6) is -1.16. The van der Waals surface area contributed by atoms with Crippen LogP contribution in [0, 0.1) is 0 Å². The maximum atomic E-state index is 10.9. The standard InChI is InChI=1S/C32H40N2O2.2C2H4O2.Co/c1-7-11-23-15-25(31(35)27(17-23)21(3)4)19-33-29-13-9-10-14-30(29)34-20-26-16-24(12-8-2)18-28(22(5)6)32(26)36;2*1-2(3)4;/h9-10,13-22,35-36H,7-8,11-12H2,1-6H3;2*1H3,(H,3,4);/q;;;+2/p-2. The van der Waals surface area contributed by atoms with Crippen molar-refractivity contribution < 1.29 is 46.8 Å². The van der Waals surface area contributed by atoms with Crippen molar-refractivity contribution in [2.45, 2.75) is 92.9 Å². The van der Waals surface area contributed by atoms with Crippen molar-refractivity contribution in [1.82, 2.24) is 0 Å². The minimum atomic E-state index is -1.08. The number of aromatic hydroxyl groups is 2. The summed E-state index contributed by atoms with van der Waals surface area (Å²) in [6, 6.07) is 15.9. The molecule has 0 atom stereocenters. The van der Waals surface area contributed by atoms with Gasteiger partial charge in [0.2, 0.25) is 0 Å². The van der Waals surface area contributed by atoms with Crippen molar-refractivity contribution in [1.29, 1.82) is 0 Å². The average Bonchev–Trinajstić information content (AvgIpc) is 2.93. The largest absolute Gasteiger partial charge is 2.00 e. The van der Waals surface area contributed by atoms with Crippen LogP contribution >= 0.6 is 0 Å². The molecule has 0 aliphatic carbocycles. The molecule has 3 aromatic carbocycles. The number of aryl methyl sites for hydroxylation is 2. The smallest absolute Gasteiger partial charge is 0.550 e. The Morgan fingerprint density at radius 3 is 1.29 bits per heavy atom. The number of rotatable bonds is 10. The molecular weight excluding hydrogens is 615 g/mol. The molecule has 0 aliphatic heterocycles. The molecule has 2 N–H and O–H groups in total. The number of carboxylic acids is 2. The topological polar surface area (TPSA) is 145 Å². The van der Waals surface area contributed by atoms with Crippen molar-refractivity contribution in [2.24, 2.45) is 9.98 Å². The molecule has 8 nitrogen and oxygen atoms in total. The van der Waals surface area contributed by atoms with Crippen molar-refractivity contribution in [3.63, 3.8) is 0 Å². The third-order valence-electron chi connectivity index (χ3n) is 6.35. The second-order valence-corrected chi connectivity index (χ2v) is 11.0. The van der Waals surface area contributed by atoms with E-state index in [0.29, 0.717) is 11.4 Å². The van der Waals surface area contributed by atoms with Crippen LogP contribution in [0.4, 0.5) is 11.4 Å². The summed E-state index contributed by atoms with van der Waals surface area (Å²) in [6.45, 7) is 14.6. The molecule has 0 unspecified atom stereocenters. The number of aliphatic imine (C=N–C) groups is 2. The van der Waals surface area contributed by atoms with E-state index in [1.54, 1.807) is 12.4 Å². The summed E-state index contributed by atoms with van der Waals surface area (Å²) in [7, 11) is 0. The normalized spacial score (nSPS) is 10.7. The Bertz CT molecular complexity index is 1330. The fourth-order valence-corrected chi connectivity index (χ4v) is 4.39. The van der Waals surface area contributed by atoms with Gasteiger partial charge in [-0.25, -0.2) is 0 Å². The zero-order valence-electron chi connectivity index (χ0n) is 27.5. The number of para-hydroxylation sites is 2. The first-order valence-corrected chi connectivity index (χ1v) is 14.9. The number of nitrogens with zero attached hydrogens (tertiary/aromatic N) is 2. The van der Waals surface area contributed by atoms with E-state index in [2.05, 4.69) is 53.7 Å². The quantitative estimate of drug-likeness (QED) is 0.245. The van der Waals surface area contributed by atoms with Gasteiger partial charge >= 0.3 is 16.8 Å². The summed E-state index contributed by atoms with van der Waals surface area (Å²) >= 11 is 0. The average molecular weight is 662 g/mol. The zero-order chi connectivity index (χ0) is 33.4. The van der Waals surface area contributed by atoms with Crippen LogP contribution in [-0.2, 0) is 39.2 Å². The number of aliphatic carboxylic acids is 2. The molecule has 0 aromatic heterocycles. The monoisotopic (exact) mass is 661 g/mol. The maximum Gasteiger partial charge on any atom is 2.00 e. The van der Waals surface area contributed by atoms with Gasteiger partial charge in [-0.1, -0.05) is 78.6 Å². The number of hydrogen-bond donors (Lipinski definition) is 2. The summed E-state index contributed by atoms with van der Waals surface area (Å²) in [5.41, 5.74) is 7.13. The van der Waals surface area contributed by atoms with Crippen LogP contribution in [0.5, 0.6) is 11.5 Å². The van der Waals surface area contributed by atoms with Crippen LogP contribution in [0.15, 0.2) is 58.5 Å². The van der Waals surface area contributed by atoms with E-state index in [0.717, 1.165) is 61.8 Å². The van der Waals surface area contributed by atoms with E-state index in [1.807, 2.05) is 36.4 Å². The van der Waals surface area contributed by atoms with Gasteiger partial charge in [-0.05, 0) is 85.0 Å². The number of phenolic OH excluding ortho intramolecular Hbond substituents is 2. The van der Waals surface area contributed by atoms with Gasteiger partial charge in [0.25, 0.3) is 0 Å². The minimum Gasteiger partial charge on any atom is -0.550 e. The van der Waals surface area contributed by atoms with Gasteiger partial charge in [-0.15, -0.1) is 0 Å². The molecule has 0 heterocycles. The Kier molecular flexibility index (Phi) is 19.1. The first-order chi connectivity index (χ1) is 20.7. The molecule has 9 heteroatoms. The minimum absolute atomic E-state index is 0. The van der Waals surface area contributed by atoms with Gasteiger partial charge in [0.1, 0.15) is 11.5 Å². The molecule has 0 amide bonds. The van der Waals surface area contributed by atoms with Gasteiger partial charge in [0.15, 0.2) is 0 Å². The molecule has 3 rings (SSSR count). The van der Waals surface area contributed by atoms with Crippen LogP contribution < -0.4 is 10.2 Å². The molecule has 0 aliphatic rings. The van der Waals surface area contributed by atoms with Crippen LogP contribution in [0.2, 0.25) is 0 Å². The molecule has 3 aromatic rings. The summed E-state index contributed by atoms with van der Waals surface area (Å²) in [6.07, 6.45) is 7.46.